The molecule has 0 radical (unpaired) electrons. The van der Waals surface area contributed by atoms with E-state index in [1.54, 1.807) is 6.92 Å². The third-order valence-electron chi connectivity index (χ3n) is 1.77. The zero-order valence-corrected chi connectivity index (χ0v) is 9.71. The zero-order valence-electron chi connectivity index (χ0n) is 8.95. The van der Waals surface area contributed by atoms with Crippen LogP contribution >= 0.6 is 11.6 Å². The second-order valence-electron chi connectivity index (χ2n) is 3.31. The molecular formula is C10H13ClN2O2. The highest BCUT2D eigenvalue weighted by Crippen LogP contribution is 2.16. The fourth-order valence-electron chi connectivity index (χ4n) is 0.998. The number of rotatable bonds is 3. The molecule has 0 bridgehead atoms. The standard InChI is InChI=1S/C10H13ClN2O2/c1-4-15-10(14)7-5-12-9(6(2)3)13-8(7)11/h5-6H,4H2,1-3H3. The summed E-state index contributed by atoms with van der Waals surface area (Å²) < 4.78 is 4.81. The van der Waals surface area contributed by atoms with Crippen molar-refractivity contribution in [2.24, 2.45) is 0 Å². The minimum atomic E-state index is -0.488. The van der Waals surface area contributed by atoms with Crippen molar-refractivity contribution >= 4 is 17.6 Å². The Bertz CT molecular complexity index is 366. The molecule has 15 heavy (non-hydrogen) atoms. The third kappa shape index (κ3) is 2.89. The number of hydrogen-bond donors (Lipinski definition) is 0. The molecule has 0 aromatic carbocycles. The molecule has 5 heteroatoms. The number of nitrogens with zero attached hydrogens (tertiary/aromatic N) is 2. The molecule has 0 spiro atoms. The average Bonchev–Trinajstić information content (AvgIpc) is 2.17. The summed E-state index contributed by atoms with van der Waals surface area (Å²) in [6.07, 6.45) is 1.41. The first-order valence-electron chi connectivity index (χ1n) is 4.75. The van der Waals surface area contributed by atoms with E-state index in [1.807, 2.05) is 13.8 Å². The van der Waals surface area contributed by atoms with E-state index >= 15 is 0 Å². The first-order chi connectivity index (χ1) is 7.06. The Hall–Kier alpha value is -1.16. The maximum atomic E-state index is 11.4. The van der Waals surface area contributed by atoms with Gasteiger partial charge in [0, 0.05) is 12.1 Å². The lowest BCUT2D eigenvalue weighted by Gasteiger charge is -2.06. The van der Waals surface area contributed by atoms with Gasteiger partial charge >= 0.3 is 5.97 Å². The number of halogens is 1. The van der Waals surface area contributed by atoms with Crippen LogP contribution in [0, 0.1) is 0 Å². The zero-order chi connectivity index (χ0) is 11.4. The molecule has 0 atom stereocenters. The third-order valence-corrected chi connectivity index (χ3v) is 2.06. The number of carbonyl (C=O) groups excluding carboxylic acids is 1. The van der Waals surface area contributed by atoms with Gasteiger partial charge in [0.2, 0.25) is 0 Å². The maximum Gasteiger partial charge on any atom is 0.342 e. The van der Waals surface area contributed by atoms with E-state index in [4.69, 9.17) is 16.3 Å². The van der Waals surface area contributed by atoms with E-state index in [0.29, 0.717) is 12.4 Å². The fourth-order valence-corrected chi connectivity index (χ4v) is 1.21. The molecule has 0 aliphatic carbocycles. The number of ether oxygens (including phenoxy) is 1. The molecule has 4 nitrogen and oxygen atoms in total. The monoisotopic (exact) mass is 228 g/mol. The van der Waals surface area contributed by atoms with Crippen LogP contribution in [0.1, 0.15) is 42.9 Å². The topological polar surface area (TPSA) is 52.1 Å². The second-order valence-corrected chi connectivity index (χ2v) is 3.67. The summed E-state index contributed by atoms with van der Waals surface area (Å²) in [5, 5.41) is 0.146. The van der Waals surface area contributed by atoms with Crippen LogP contribution in [0.3, 0.4) is 0 Å². The Morgan fingerprint density at radius 2 is 2.27 bits per heavy atom. The maximum absolute atomic E-state index is 11.4. The van der Waals surface area contributed by atoms with Gasteiger partial charge in [-0.2, -0.15) is 0 Å². The molecule has 82 valence electrons. The van der Waals surface area contributed by atoms with Crippen LogP contribution in [0.2, 0.25) is 5.15 Å². The highest BCUT2D eigenvalue weighted by molar-refractivity contribution is 6.32. The minimum absolute atomic E-state index is 0.146. The smallest absolute Gasteiger partial charge is 0.342 e. The summed E-state index contributed by atoms with van der Waals surface area (Å²) in [4.78, 5) is 19.4. The molecule has 0 aliphatic rings. The van der Waals surface area contributed by atoms with Crippen molar-refractivity contribution in [3.05, 3.63) is 22.7 Å². The van der Waals surface area contributed by atoms with E-state index in [2.05, 4.69) is 9.97 Å². The Labute approximate surface area is 93.6 Å². The van der Waals surface area contributed by atoms with Crippen LogP contribution in [0.4, 0.5) is 0 Å². The summed E-state index contributed by atoms with van der Waals surface area (Å²) in [6, 6.07) is 0. The summed E-state index contributed by atoms with van der Waals surface area (Å²) in [7, 11) is 0. The van der Waals surface area contributed by atoms with Gasteiger partial charge in [-0.25, -0.2) is 14.8 Å². The quantitative estimate of drug-likeness (QED) is 0.589. The van der Waals surface area contributed by atoms with E-state index in [-0.39, 0.29) is 16.6 Å². The van der Waals surface area contributed by atoms with Crippen LogP contribution in [-0.2, 0) is 4.74 Å². The lowest BCUT2D eigenvalue weighted by molar-refractivity contribution is 0.0525. The fraction of sp³-hybridized carbons (Fsp3) is 0.500. The average molecular weight is 229 g/mol. The van der Waals surface area contributed by atoms with Crippen molar-refractivity contribution in [1.82, 2.24) is 9.97 Å². The summed E-state index contributed by atoms with van der Waals surface area (Å²) in [6.45, 7) is 5.95. The van der Waals surface area contributed by atoms with Crippen molar-refractivity contribution < 1.29 is 9.53 Å². The summed E-state index contributed by atoms with van der Waals surface area (Å²) in [5.41, 5.74) is 0.211. The van der Waals surface area contributed by atoms with E-state index < -0.39 is 5.97 Å². The molecule has 1 aromatic rings. The van der Waals surface area contributed by atoms with E-state index in [9.17, 15) is 4.79 Å². The van der Waals surface area contributed by atoms with E-state index in [1.165, 1.54) is 6.20 Å². The van der Waals surface area contributed by atoms with Gasteiger partial charge in [0.25, 0.3) is 0 Å². The Balaban J connectivity index is 2.98. The molecule has 0 saturated heterocycles. The molecule has 1 heterocycles. The van der Waals surface area contributed by atoms with Crippen LogP contribution in [-0.4, -0.2) is 22.5 Å². The molecule has 0 aliphatic heterocycles. The van der Waals surface area contributed by atoms with Crippen molar-refractivity contribution in [2.75, 3.05) is 6.61 Å². The van der Waals surface area contributed by atoms with E-state index in [0.717, 1.165) is 0 Å². The highest BCUT2D eigenvalue weighted by Gasteiger charge is 2.15. The molecule has 0 unspecified atom stereocenters. The largest absolute Gasteiger partial charge is 0.462 e. The van der Waals surface area contributed by atoms with Crippen LogP contribution in [0.5, 0.6) is 0 Å². The lowest BCUT2D eigenvalue weighted by Crippen LogP contribution is -2.09. The normalized spacial score (nSPS) is 10.5. The van der Waals surface area contributed by atoms with Crippen molar-refractivity contribution in [3.8, 4) is 0 Å². The van der Waals surface area contributed by atoms with Gasteiger partial charge in [-0.05, 0) is 6.92 Å². The predicted molar refractivity (Wildman–Crippen MR) is 57.1 cm³/mol. The van der Waals surface area contributed by atoms with Gasteiger partial charge < -0.3 is 4.74 Å². The van der Waals surface area contributed by atoms with Gasteiger partial charge in [-0.1, -0.05) is 25.4 Å². The van der Waals surface area contributed by atoms with Crippen LogP contribution in [0.15, 0.2) is 6.20 Å². The molecule has 0 saturated carbocycles. The number of hydrogen-bond acceptors (Lipinski definition) is 4. The molecule has 0 fully saturated rings. The summed E-state index contributed by atoms with van der Waals surface area (Å²) in [5.74, 6) is 0.310. The van der Waals surface area contributed by atoms with Gasteiger partial charge in [-0.3, -0.25) is 0 Å². The highest BCUT2D eigenvalue weighted by atomic mass is 35.5. The molecule has 1 aromatic heterocycles. The predicted octanol–water partition coefficient (Wildman–Crippen LogP) is 2.43. The molecule has 1 rings (SSSR count). The lowest BCUT2D eigenvalue weighted by atomic mass is 10.2. The second kappa shape index (κ2) is 5.07. The Morgan fingerprint density at radius 1 is 1.60 bits per heavy atom. The Morgan fingerprint density at radius 3 is 2.73 bits per heavy atom. The minimum Gasteiger partial charge on any atom is -0.462 e. The first-order valence-corrected chi connectivity index (χ1v) is 5.13. The van der Waals surface area contributed by atoms with Crippen LogP contribution < -0.4 is 0 Å². The molecule has 0 amide bonds. The number of aromatic nitrogens is 2. The van der Waals surface area contributed by atoms with Gasteiger partial charge in [0.05, 0.1) is 6.61 Å². The Kier molecular flexibility index (Phi) is 4.03. The van der Waals surface area contributed by atoms with Gasteiger partial charge in [0.15, 0.2) is 0 Å². The van der Waals surface area contributed by atoms with Crippen molar-refractivity contribution in [1.29, 1.82) is 0 Å². The van der Waals surface area contributed by atoms with Crippen LogP contribution in [0.25, 0.3) is 0 Å². The summed E-state index contributed by atoms with van der Waals surface area (Å²) >= 11 is 5.85. The van der Waals surface area contributed by atoms with Crippen molar-refractivity contribution in [2.45, 2.75) is 26.7 Å². The molecular weight excluding hydrogens is 216 g/mol. The van der Waals surface area contributed by atoms with Crippen molar-refractivity contribution in [3.63, 3.8) is 0 Å². The van der Waals surface area contributed by atoms with Gasteiger partial charge in [0.1, 0.15) is 16.5 Å². The number of carbonyl (C=O) groups is 1. The molecule has 0 N–H and O–H groups in total. The SMILES string of the molecule is CCOC(=O)c1cnc(C(C)C)nc1Cl. The van der Waals surface area contributed by atoms with Gasteiger partial charge in [-0.15, -0.1) is 0 Å². The first kappa shape index (κ1) is 11.9. The number of esters is 1.